The Morgan fingerprint density at radius 3 is 0.946 bits per heavy atom. The molecule has 2 N–H and O–H groups in total. The number of anilines is 2. The number of benzene rings is 4. The Balaban J connectivity index is 1.42. The molecule has 8 bridgehead atoms. The van der Waals surface area contributed by atoms with E-state index in [1.807, 2.05) is 0 Å². The number of aromatic nitrogens is 4. The molecule has 0 radical (unpaired) electrons. The van der Waals surface area contributed by atoms with Gasteiger partial charge in [0.05, 0.1) is 22.8 Å². The predicted molar refractivity (Wildman–Crippen MR) is 238 cm³/mol. The van der Waals surface area contributed by atoms with Gasteiger partial charge in [0.25, 0.3) is 0 Å². The molecule has 7 aromatic rings. The SMILES string of the molecule is CCN(C)c1ccc(-c2c3nc(c(-c4ccccc4)c4ccc([nH]4)c(-c4ccccc4)c4nc(c(-c5ccc(N(C)CC)cc5)c5ccc2[nH]5)C=C4)C=C3)cc1. The first-order valence-electron chi connectivity index (χ1n) is 19.4. The number of aromatic amines is 2. The minimum Gasteiger partial charge on any atom is -0.375 e. The molecule has 0 atom stereocenters. The number of H-pyrrole nitrogens is 2. The van der Waals surface area contributed by atoms with Gasteiger partial charge in [-0.2, -0.15) is 0 Å². The van der Waals surface area contributed by atoms with E-state index in [1.54, 1.807) is 0 Å². The van der Waals surface area contributed by atoms with E-state index in [9.17, 15) is 0 Å². The first-order chi connectivity index (χ1) is 27.5. The van der Waals surface area contributed by atoms with Crippen molar-refractivity contribution < 1.29 is 0 Å². The lowest BCUT2D eigenvalue weighted by atomic mass is 10.0. The molecule has 0 saturated heterocycles. The Labute approximate surface area is 328 Å². The van der Waals surface area contributed by atoms with Crippen LogP contribution < -0.4 is 9.80 Å². The van der Waals surface area contributed by atoms with Crippen LogP contribution in [0.3, 0.4) is 0 Å². The third-order valence-corrected chi connectivity index (χ3v) is 11.0. The van der Waals surface area contributed by atoms with Gasteiger partial charge in [-0.3, -0.25) is 0 Å². The van der Waals surface area contributed by atoms with E-state index >= 15 is 0 Å². The van der Waals surface area contributed by atoms with Gasteiger partial charge >= 0.3 is 0 Å². The highest BCUT2D eigenvalue weighted by molar-refractivity contribution is 6.00. The largest absolute Gasteiger partial charge is 0.375 e. The van der Waals surface area contributed by atoms with Crippen molar-refractivity contribution in [1.82, 2.24) is 19.9 Å². The molecule has 0 amide bonds. The smallest absolute Gasteiger partial charge is 0.0737 e. The van der Waals surface area contributed by atoms with Crippen molar-refractivity contribution in [2.24, 2.45) is 0 Å². The standard InChI is InChI=1S/C50H44N6/c1-5-55(3)37-21-17-35(18-22-37)49-43-29-27-41(52-43)47(33-13-9-7-10-14-33)39-25-26-40(51-39)48(34-15-11-8-12-16-34)42-28-30-44(53-42)50(46-32-31-45(49)54-46)36-19-23-38(24-20-36)56(4)6-2/h7-32,51,54H,5-6H2,1-4H3. The van der Waals surface area contributed by atoms with Crippen molar-refractivity contribution >= 4 is 57.7 Å². The summed E-state index contributed by atoms with van der Waals surface area (Å²) in [6.07, 6.45) is 8.61. The normalized spacial score (nSPS) is 11.9. The first-order valence-corrected chi connectivity index (χ1v) is 19.4. The van der Waals surface area contributed by atoms with Crippen LogP contribution in [0.1, 0.15) is 36.6 Å². The number of hydrogen-bond acceptors (Lipinski definition) is 4. The van der Waals surface area contributed by atoms with Crippen LogP contribution >= 0.6 is 0 Å². The molecule has 0 spiro atoms. The van der Waals surface area contributed by atoms with Crippen LogP contribution in [0.15, 0.2) is 133 Å². The maximum Gasteiger partial charge on any atom is 0.0737 e. The van der Waals surface area contributed by atoms with E-state index in [0.29, 0.717) is 0 Å². The minimum absolute atomic E-state index is 0.899. The summed E-state index contributed by atoms with van der Waals surface area (Å²) in [6, 6.07) is 47.4. The summed E-state index contributed by atoms with van der Waals surface area (Å²) >= 11 is 0. The van der Waals surface area contributed by atoms with Gasteiger partial charge in [-0.1, -0.05) is 84.9 Å². The molecule has 0 saturated carbocycles. The Morgan fingerprint density at radius 2 is 0.661 bits per heavy atom. The zero-order chi connectivity index (χ0) is 38.2. The van der Waals surface area contributed by atoms with Gasteiger partial charge in [-0.25, -0.2) is 9.97 Å². The monoisotopic (exact) mass is 728 g/mol. The quantitative estimate of drug-likeness (QED) is 0.163. The summed E-state index contributed by atoms with van der Waals surface area (Å²) < 4.78 is 0. The highest BCUT2D eigenvalue weighted by Gasteiger charge is 2.19. The summed E-state index contributed by atoms with van der Waals surface area (Å²) in [5, 5.41) is 0. The average molecular weight is 729 g/mol. The maximum absolute atomic E-state index is 5.44. The number of nitrogens with one attached hydrogen (secondary N) is 2. The van der Waals surface area contributed by atoms with E-state index in [4.69, 9.17) is 9.97 Å². The fraction of sp³-hybridized carbons (Fsp3) is 0.120. The lowest BCUT2D eigenvalue weighted by Crippen LogP contribution is -2.15. The number of rotatable bonds is 8. The van der Waals surface area contributed by atoms with E-state index < -0.39 is 0 Å². The number of fused-ring (bicyclic) bond motifs is 8. The molecule has 274 valence electrons. The van der Waals surface area contributed by atoms with Crippen LogP contribution in [0.5, 0.6) is 0 Å². The molecule has 4 aromatic carbocycles. The molecule has 0 unspecified atom stereocenters. The van der Waals surface area contributed by atoms with Crippen molar-refractivity contribution in [3.8, 4) is 44.5 Å². The predicted octanol–water partition coefficient (Wildman–Crippen LogP) is 12.2. The molecule has 3 aromatic heterocycles. The van der Waals surface area contributed by atoms with Crippen molar-refractivity contribution in [2.75, 3.05) is 37.0 Å². The van der Waals surface area contributed by atoms with Gasteiger partial charge in [0, 0.05) is 82.9 Å². The first kappa shape index (κ1) is 34.8. The Kier molecular flexibility index (Phi) is 9.16. The molecular formula is C50H44N6. The lowest BCUT2D eigenvalue weighted by molar-refractivity contribution is 0.968. The van der Waals surface area contributed by atoms with Gasteiger partial charge in [-0.15, -0.1) is 0 Å². The van der Waals surface area contributed by atoms with E-state index in [1.165, 1.54) is 11.4 Å². The van der Waals surface area contributed by atoms with Crippen molar-refractivity contribution in [3.63, 3.8) is 0 Å². The highest BCUT2D eigenvalue weighted by atomic mass is 15.1. The van der Waals surface area contributed by atoms with Gasteiger partial charge in [0.15, 0.2) is 0 Å². The maximum atomic E-state index is 5.44. The van der Waals surface area contributed by atoms with Gasteiger partial charge < -0.3 is 19.8 Å². The molecule has 0 aliphatic carbocycles. The summed E-state index contributed by atoms with van der Waals surface area (Å²) in [6.45, 7) is 6.20. The lowest BCUT2D eigenvalue weighted by Gasteiger charge is -2.17. The Bertz CT molecular complexity index is 2580. The highest BCUT2D eigenvalue weighted by Crippen LogP contribution is 2.39. The molecular weight excluding hydrogens is 685 g/mol. The molecule has 56 heavy (non-hydrogen) atoms. The van der Waals surface area contributed by atoms with Crippen molar-refractivity contribution in [3.05, 3.63) is 156 Å². The van der Waals surface area contributed by atoms with Crippen LogP contribution in [0.4, 0.5) is 11.4 Å². The number of hydrogen-bond donors (Lipinski definition) is 2. The van der Waals surface area contributed by atoms with E-state index in [2.05, 4.69) is 205 Å². The molecule has 2 aliphatic heterocycles. The van der Waals surface area contributed by atoms with E-state index in [0.717, 1.165) is 102 Å². The van der Waals surface area contributed by atoms with Crippen LogP contribution in [0.25, 0.3) is 90.9 Å². The zero-order valence-electron chi connectivity index (χ0n) is 32.2. The van der Waals surface area contributed by atoms with Crippen LogP contribution in [-0.2, 0) is 0 Å². The topological polar surface area (TPSA) is 63.8 Å². The van der Waals surface area contributed by atoms with Gasteiger partial charge in [0.1, 0.15) is 0 Å². The second-order valence-corrected chi connectivity index (χ2v) is 14.4. The Hall–Kier alpha value is -6.92. The van der Waals surface area contributed by atoms with Crippen LogP contribution in [-0.4, -0.2) is 47.1 Å². The molecule has 0 fully saturated rings. The van der Waals surface area contributed by atoms with Crippen molar-refractivity contribution in [2.45, 2.75) is 13.8 Å². The molecule has 6 nitrogen and oxygen atoms in total. The fourth-order valence-corrected chi connectivity index (χ4v) is 7.76. The minimum atomic E-state index is 0.899. The van der Waals surface area contributed by atoms with Crippen LogP contribution in [0, 0.1) is 0 Å². The average Bonchev–Trinajstić information content (AvgIpc) is 4.10. The molecule has 9 rings (SSSR count). The van der Waals surface area contributed by atoms with Crippen LogP contribution in [0.2, 0.25) is 0 Å². The molecule has 6 heteroatoms. The summed E-state index contributed by atoms with van der Waals surface area (Å²) in [4.78, 5) is 23.1. The molecule has 2 aliphatic rings. The fourth-order valence-electron chi connectivity index (χ4n) is 7.76. The Morgan fingerprint density at radius 1 is 0.375 bits per heavy atom. The zero-order valence-corrected chi connectivity index (χ0v) is 32.2. The van der Waals surface area contributed by atoms with Gasteiger partial charge in [-0.05, 0) is 109 Å². The van der Waals surface area contributed by atoms with Gasteiger partial charge in [0.2, 0.25) is 0 Å². The third kappa shape index (κ3) is 6.39. The summed E-state index contributed by atoms with van der Waals surface area (Å²) in [7, 11) is 4.25. The second-order valence-electron chi connectivity index (χ2n) is 14.4. The number of nitrogens with zero attached hydrogens (tertiary/aromatic N) is 4. The summed E-state index contributed by atoms with van der Waals surface area (Å²) in [5.41, 5.74) is 18.4. The van der Waals surface area contributed by atoms with Crippen molar-refractivity contribution in [1.29, 1.82) is 0 Å². The molecule has 5 heterocycles. The van der Waals surface area contributed by atoms with E-state index in [-0.39, 0.29) is 0 Å². The summed E-state index contributed by atoms with van der Waals surface area (Å²) in [5.74, 6) is 0. The second kappa shape index (κ2) is 14.7. The third-order valence-electron chi connectivity index (χ3n) is 11.0.